The lowest BCUT2D eigenvalue weighted by atomic mass is 9.98. The third-order valence-corrected chi connectivity index (χ3v) is 7.17. The van der Waals surface area contributed by atoms with Crippen LogP contribution in [-0.4, -0.2) is 32.3 Å². The van der Waals surface area contributed by atoms with Crippen molar-refractivity contribution in [2.75, 3.05) is 16.4 Å². The molecule has 9 nitrogen and oxygen atoms in total. The molecular weight excluding hydrogens is 536 g/mol. The average Bonchev–Trinajstić information content (AvgIpc) is 3.58. The van der Waals surface area contributed by atoms with Gasteiger partial charge in [0.15, 0.2) is 11.0 Å². The first-order valence-electron chi connectivity index (χ1n) is 12.9. The van der Waals surface area contributed by atoms with Gasteiger partial charge in [-0.25, -0.2) is 0 Å². The Balaban J connectivity index is 1.36. The molecule has 0 fully saturated rings. The predicted octanol–water partition coefficient (Wildman–Crippen LogP) is 6.45. The van der Waals surface area contributed by atoms with Gasteiger partial charge in [-0.15, -0.1) is 10.2 Å². The summed E-state index contributed by atoms with van der Waals surface area (Å²) in [4.78, 5) is 24.4. The summed E-state index contributed by atoms with van der Waals surface area (Å²) in [5.74, 6) is 0.820. The lowest BCUT2D eigenvalue weighted by molar-refractivity contribution is -0.114. The number of thioether (sulfide) groups is 1. The van der Waals surface area contributed by atoms with Crippen molar-refractivity contribution in [1.82, 2.24) is 14.8 Å². The Bertz CT molecular complexity index is 1720. The van der Waals surface area contributed by atoms with Crippen LogP contribution >= 0.6 is 11.8 Å². The molecule has 10 heteroatoms. The van der Waals surface area contributed by atoms with Crippen LogP contribution in [0.4, 0.5) is 11.6 Å². The minimum absolute atomic E-state index is 0.0342. The van der Waals surface area contributed by atoms with Gasteiger partial charge in [0.25, 0.3) is 0 Å². The number of nitrogens with one attached hydrogen (secondary N) is 2. The average molecular weight is 563 g/mol. The van der Waals surface area contributed by atoms with Crippen molar-refractivity contribution in [3.8, 4) is 39.9 Å². The lowest BCUT2D eigenvalue weighted by Gasteiger charge is -2.08. The first kappa shape index (κ1) is 27.4. The van der Waals surface area contributed by atoms with E-state index in [9.17, 15) is 14.9 Å². The van der Waals surface area contributed by atoms with Crippen molar-refractivity contribution in [2.24, 2.45) is 0 Å². The Labute approximate surface area is 241 Å². The highest BCUT2D eigenvalue weighted by Crippen LogP contribution is 2.41. The fourth-order valence-electron chi connectivity index (χ4n) is 4.39. The number of rotatable bonds is 9. The Morgan fingerprint density at radius 3 is 2.17 bits per heavy atom. The number of furan rings is 1. The van der Waals surface area contributed by atoms with Crippen LogP contribution in [0.1, 0.15) is 19.4 Å². The van der Waals surface area contributed by atoms with E-state index in [1.54, 1.807) is 12.1 Å². The van der Waals surface area contributed by atoms with Gasteiger partial charge >= 0.3 is 0 Å². The highest BCUT2D eigenvalue weighted by molar-refractivity contribution is 7.99. The molecular formula is C31H26N6O3S. The Morgan fingerprint density at radius 2 is 1.56 bits per heavy atom. The number of anilines is 2. The zero-order valence-electron chi connectivity index (χ0n) is 22.4. The third kappa shape index (κ3) is 6.05. The normalized spacial score (nSPS) is 10.7. The molecule has 2 heterocycles. The second kappa shape index (κ2) is 12.4. The maximum absolute atomic E-state index is 13.1. The number of nitriles is 1. The molecule has 0 atom stereocenters. The van der Waals surface area contributed by atoms with Gasteiger partial charge in [0, 0.05) is 35.8 Å². The number of amides is 2. The standard InChI is InChI=1S/C31H26N6O3S/c1-3-37-29(23-14-16-24(17-15-23)33-20(2)38)35-36-31(37)41-19-26(39)34-30-25(18-32)27(21-10-6-4-7-11-21)28(40-30)22-12-8-5-9-13-22/h4-17H,3,19H2,1-2H3,(H,33,38)(H,34,39). The summed E-state index contributed by atoms with van der Waals surface area (Å²) in [5, 5.41) is 24.8. The Hall–Kier alpha value is -5.14. The molecule has 0 aliphatic carbocycles. The zero-order chi connectivity index (χ0) is 28.8. The highest BCUT2D eigenvalue weighted by atomic mass is 32.2. The number of hydrogen-bond acceptors (Lipinski definition) is 7. The van der Waals surface area contributed by atoms with E-state index in [2.05, 4.69) is 26.9 Å². The largest absolute Gasteiger partial charge is 0.438 e. The summed E-state index contributed by atoms with van der Waals surface area (Å²) in [5.41, 5.74) is 4.02. The van der Waals surface area contributed by atoms with Gasteiger partial charge in [0.05, 0.1) is 5.75 Å². The maximum Gasteiger partial charge on any atom is 0.237 e. The Morgan fingerprint density at radius 1 is 0.902 bits per heavy atom. The minimum Gasteiger partial charge on any atom is -0.438 e. The van der Waals surface area contributed by atoms with Crippen molar-refractivity contribution < 1.29 is 14.0 Å². The molecule has 2 amide bonds. The van der Waals surface area contributed by atoms with E-state index >= 15 is 0 Å². The number of hydrogen-bond donors (Lipinski definition) is 2. The van der Waals surface area contributed by atoms with Gasteiger partial charge in [-0.05, 0) is 36.8 Å². The highest BCUT2D eigenvalue weighted by Gasteiger charge is 2.24. The molecule has 0 aliphatic heterocycles. The van der Waals surface area contributed by atoms with Crippen molar-refractivity contribution >= 4 is 35.1 Å². The second-order valence-corrected chi connectivity index (χ2v) is 9.94. The van der Waals surface area contributed by atoms with Crippen LogP contribution in [-0.2, 0) is 16.1 Å². The lowest BCUT2D eigenvalue weighted by Crippen LogP contribution is -2.15. The van der Waals surface area contributed by atoms with Crippen LogP contribution < -0.4 is 10.6 Å². The quantitative estimate of drug-likeness (QED) is 0.198. The molecule has 0 radical (unpaired) electrons. The summed E-state index contributed by atoms with van der Waals surface area (Å²) in [6.45, 7) is 4.02. The molecule has 204 valence electrons. The molecule has 0 unspecified atom stereocenters. The SMILES string of the molecule is CCn1c(SCC(=O)Nc2oc(-c3ccccc3)c(-c3ccccc3)c2C#N)nnc1-c1ccc(NC(C)=O)cc1. The minimum atomic E-state index is -0.341. The van der Waals surface area contributed by atoms with Crippen LogP contribution in [0.5, 0.6) is 0 Å². The molecule has 0 bridgehead atoms. The first-order chi connectivity index (χ1) is 20.0. The summed E-state index contributed by atoms with van der Waals surface area (Å²) < 4.78 is 8.03. The Kier molecular flexibility index (Phi) is 8.27. The van der Waals surface area contributed by atoms with E-state index in [1.165, 1.54) is 18.7 Å². The molecule has 2 N–H and O–H groups in total. The number of carbonyl (C=O) groups is 2. The van der Waals surface area contributed by atoms with E-state index < -0.39 is 0 Å². The van der Waals surface area contributed by atoms with Crippen LogP contribution in [0.3, 0.4) is 0 Å². The smallest absolute Gasteiger partial charge is 0.237 e. The molecule has 2 aromatic heterocycles. The van der Waals surface area contributed by atoms with E-state index in [-0.39, 0.29) is 29.0 Å². The third-order valence-electron chi connectivity index (χ3n) is 6.20. The maximum atomic E-state index is 13.1. The molecule has 0 aliphatic rings. The van der Waals surface area contributed by atoms with Gasteiger partial charge in [-0.3, -0.25) is 14.9 Å². The number of nitrogens with zero attached hydrogens (tertiary/aromatic N) is 4. The number of carbonyl (C=O) groups excluding carboxylic acids is 2. The first-order valence-corrected chi connectivity index (χ1v) is 13.9. The van der Waals surface area contributed by atoms with E-state index in [0.29, 0.717) is 34.5 Å². The van der Waals surface area contributed by atoms with Gasteiger partial charge in [0.2, 0.25) is 17.7 Å². The second-order valence-electron chi connectivity index (χ2n) is 9.00. The van der Waals surface area contributed by atoms with Gasteiger partial charge < -0.3 is 14.3 Å². The molecule has 41 heavy (non-hydrogen) atoms. The summed E-state index contributed by atoms with van der Waals surface area (Å²) in [6.07, 6.45) is 0. The van der Waals surface area contributed by atoms with Crippen molar-refractivity contribution in [2.45, 2.75) is 25.5 Å². The summed E-state index contributed by atoms with van der Waals surface area (Å²) in [7, 11) is 0. The molecule has 0 saturated carbocycles. The predicted molar refractivity (Wildman–Crippen MR) is 159 cm³/mol. The number of benzene rings is 3. The van der Waals surface area contributed by atoms with Gasteiger partial charge in [-0.1, -0.05) is 72.4 Å². The number of aromatic nitrogens is 3. The molecule has 5 aromatic rings. The summed E-state index contributed by atoms with van der Waals surface area (Å²) >= 11 is 1.24. The fourth-order valence-corrected chi connectivity index (χ4v) is 5.19. The summed E-state index contributed by atoms with van der Waals surface area (Å²) in [6, 6.07) is 28.5. The zero-order valence-corrected chi connectivity index (χ0v) is 23.2. The van der Waals surface area contributed by atoms with Crippen LogP contribution in [0.15, 0.2) is 94.5 Å². The molecule has 5 rings (SSSR count). The van der Waals surface area contributed by atoms with Crippen LogP contribution in [0.25, 0.3) is 33.8 Å². The molecule has 0 spiro atoms. The van der Waals surface area contributed by atoms with Crippen molar-refractivity contribution in [1.29, 1.82) is 5.26 Å². The molecule has 3 aromatic carbocycles. The molecule has 0 saturated heterocycles. The fraction of sp³-hybridized carbons (Fsp3) is 0.129. The monoisotopic (exact) mass is 562 g/mol. The van der Waals surface area contributed by atoms with Gasteiger partial charge in [0.1, 0.15) is 17.4 Å². The topological polar surface area (TPSA) is 126 Å². The van der Waals surface area contributed by atoms with Crippen LogP contribution in [0.2, 0.25) is 0 Å². The van der Waals surface area contributed by atoms with E-state index in [0.717, 1.165) is 16.7 Å². The van der Waals surface area contributed by atoms with Crippen molar-refractivity contribution in [3.05, 3.63) is 90.5 Å². The van der Waals surface area contributed by atoms with Crippen molar-refractivity contribution in [3.63, 3.8) is 0 Å². The van der Waals surface area contributed by atoms with Gasteiger partial charge in [-0.2, -0.15) is 5.26 Å². The van der Waals surface area contributed by atoms with E-state index in [4.69, 9.17) is 4.42 Å². The van der Waals surface area contributed by atoms with E-state index in [1.807, 2.05) is 84.3 Å². The van der Waals surface area contributed by atoms with Crippen LogP contribution in [0, 0.1) is 11.3 Å².